The first kappa shape index (κ1) is 12.3. The Kier molecular flexibility index (Phi) is 3.28. The van der Waals surface area contributed by atoms with Crippen molar-refractivity contribution in [3.63, 3.8) is 0 Å². The van der Waals surface area contributed by atoms with E-state index in [1.807, 2.05) is 12.1 Å². The number of allylic oxidation sites excluding steroid dienone is 2. The molecule has 1 aromatic rings. The van der Waals surface area contributed by atoms with Crippen LogP contribution in [0.15, 0.2) is 36.4 Å². The first-order chi connectivity index (χ1) is 9.20. The SMILES string of the molecule is CC(=O)Oc1ccc(OCC2CC3C=CC2C3)cc1. The summed E-state index contributed by atoms with van der Waals surface area (Å²) in [6.07, 6.45) is 7.24. The molecule has 3 nitrogen and oxygen atoms in total. The lowest BCUT2D eigenvalue weighted by Crippen LogP contribution is -2.16. The number of carbonyl (C=O) groups excluding carboxylic acids is 1. The second-order valence-electron chi connectivity index (χ2n) is 5.42. The van der Waals surface area contributed by atoms with E-state index in [-0.39, 0.29) is 5.97 Å². The summed E-state index contributed by atoms with van der Waals surface area (Å²) < 4.78 is 10.8. The van der Waals surface area contributed by atoms with E-state index in [2.05, 4.69) is 12.2 Å². The molecule has 0 aliphatic heterocycles. The molecule has 3 atom stereocenters. The van der Waals surface area contributed by atoms with Crippen LogP contribution in [-0.2, 0) is 4.79 Å². The molecule has 1 aromatic carbocycles. The number of hydrogen-bond donors (Lipinski definition) is 0. The Morgan fingerprint density at radius 2 is 1.89 bits per heavy atom. The lowest BCUT2D eigenvalue weighted by Gasteiger charge is -2.18. The largest absolute Gasteiger partial charge is 0.493 e. The summed E-state index contributed by atoms with van der Waals surface area (Å²) in [7, 11) is 0. The van der Waals surface area contributed by atoms with E-state index in [1.165, 1.54) is 19.8 Å². The van der Waals surface area contributed by atoms with Crippen molar-refractivity contribution >= 4 is 5.97 Å². The molecule has 3 heteroatoms. The van der Waals surface area contributed by atoms with Crippen molar-refractivity contribution in [2.75, 3.05) is 6.61 Å². The van der Waals surface area contributed by atoms with Crippen LogP contribution in [-0.4, -0.2) is 12.6 Å². The monoisotopic (exact) mass is 258 g/mol. The van der Waals surface area contributed by atoms with Gasteiger partial charge in [0.25, 0.3) is 0 Å². The number of carbonyl (C=O) groups is 1. The summed E-state index contributed by atoms with van der Waals surface area (Å²) in [4.78, 5) is 10.8. The Bertz CT molecular complexity index is 489. The second-order valence-corrected chi connectivity index (χ2v) is 5.42. The number of hydrogen-bond acceptors (Lipinski definition) is 3. The number of ether oxygens (including phenoxy) is 2. The highest BCUT2D eigenvalue weighted by atomic mass is 16.5. The summed E-state index contributed by atoms with van der Waals surface area (Å²) in [6, 6.07) is 7.22. The molecule has 0 amide bonds. The number of rotatable bonds is 4. The van der Waals surface area contributed by atoms with Crippen LogP contribution in [0, 0.1) is 17.8 Å². The van der Waals surface area contributed by atoms with Gasteiger partial charge in [0.05, 0.1) is 6.61 Å². The molecule has 1 fully saturated rings. The molecule has 2 aliphatic carbocycles. The highest BCUT2D eigenvalue weighted by Gasteiger charge is 2.35. The van der Waals surface area contributed by atoms with Crippen molar-refractivity contribution in [2.45, 2.75) is 19.8 Å². The average molecular weight is 258 g/mol. The van der Waals surface area contributed by atoms with E-state index < -0.39 is 0 Å². The fourth-order valence-corrected chi connectivity index (χ4v) is 3.06. The molecule has 0 spiro atoms. The molecular formula is C16H18O3. The number of fused-ring (bicyclic) bond motifs is 2. The minimum Gasteiger partial charge on any atom is -0.493 e. The third-order valence-corrected chi connectivity index (χ3v) is 3.97. The average Bonchev–Trinajstić information content (AvgIpc) is 2.99. The summed E-state index contributed by atoms with van der Waals surface area (Å²) in [5.74, 6) is 3.24. The van der Waals surface area contributed by atoms with Crippen LogP contribution in [0.3, 0.4) is 0 Å². The molecule has 100 valence electrons. The first-order valence-electron chi connectivity index (χ1n) is 6.80. The summed E-state index contributed by atoms with van der Waals surface area (Å²) in [5, 5.41) is 0. The molecule has 3 rings (SSSR count). The second kappa shape index (κ2) is 5.08. The molecule has 1 saturated carbocycles. The van der Waals surface area contributed by atoms with Gasteiger partial charge in [-0.15, -0.1) is 0 Å². The maximum Gasteiger partial charge on any atom is 0.308 e. The molecular weight excluding hydrogens is 240 g/mol. The Morgan fingerprint density at radius 3 is 2.47 bits per heavy atom. The van der Waals surface area contributed by atoms with Crippen LogP contribution in [0.2, 0.25) is 0 Å². The van der Waals surface area contributed by atoms with Crippen LogP contribution in [0.4, 0.5) is 0 Å². The van der Waals surface area contributed by atoms with Gasteiger partial charge in [-0.2, -0.15) is 0 Å². The van der Waals surface area contributed by atoms with E-state index in [0.29, 0.717) is 17.6 Å². The van der Waals surface area contributed by atoms with Gasteiger partial charge in [0.2, 0.25) is 0 Å². The van der Waals surface area contributed by atoms with Crippen LogP contribution < -0.4 is 9.47 Å². The smallest absolute Gasteiger partial charge is 0.308 e. The Labute approximate surface area is 113 Å². The van der Waals surface area contributed by atoms with Gasteiger partial charge in [0.1, 0.15) is 11.5 Å². The number of esters is 1. The minimum absolute atomic E-state index is 0.303. The molecule has 3 unspecified atom stereocenters. The lowest BCUT2D eigenvalue weighted by atomic mass is 9.95. The van der Waals surface area contributed by atoms with Gasteiger partial charge in [-0.05, 0) is 54.9 Å². The summed E-state index contributed by atoms with van der Waals surface area (Å²) >= 11 is 0. The van der Waals surface area contributed by atoms with Gasteiger partial charge in [0, 0.05) is 6.92 Å². The van der Waals surface area contributed by atoms with Gasteiger partial charge >= 0.3 is 5.97 Å². The maximum absolute atomic E-state index is 10.8. The fourth-order valence-electron chi connectivity index (χ4n) is 3.06. The Morgan fingerprint density at radius 1 is 1.16 bits per heavy atom. The molecule has 0 heterocycles. The van der Waals surface area contributed by atoms with Crippen molar-refractivity contribution in [2.24, 2.45) is 17.8 Å². The molecule has 2 bridgehead atoms. The number of benzene rings is 1. The predicted molar refractivity (Wildman–Crippen MR) is 72.1 cm³/mol. The highest BCUT2D eigenvalue weighted by molar-refractivity contribution is 5.69. The van der Waals surface area contributed by atoms with Gasteiger partial charge in [-0.1, -0.05) is 12.2 Å². The standard InChI is InChI=1S/C16H18O3/c1-11(17)19-16-6-4-15(5-7-16)18-10-14-9-12-2-3-13(14)8-12/h2-7,12-14H,8-10H2,1H3. The minimum atomic E-state index is -0.303. The van der Waals surface area contributed by atoms with Crippen molar-refractivity contribution in [3.8, 4) is 11.5 Å². The van der Waals surface area contributed by atoms with Gasteiger partial charge < -0.3 is 9.47 Å². The van der Waals surface area contributed by atoms with E-state index >= 15 is 0 Å². The quantitative estimate of drug-likeness (QED) is 0.472. The molecule has 0 aromatic heterocycles. The zero-order valence-corrected chi connectivity index (χ0v) is 11.0. The first-order valence-corrected chi connectivity index (χ1v) is 6.80. The Hall–Kier alpha value is -1.77. The normalized spacial score (nSPS) is 27.5. The molecule has 19 heavy (non-hydrogen) atoms. The topological polar surface area (TPSA) is 35.5 Å². The van der Waals surface area contributed by atoms with Gasteiger partial charge in [-0.25, -0.2) is 0 Å². The molecule has 2 aliphatic rings. The van der Waals surface area contributed by atoms with Crippen LogP contribution in [0.5, 0.6) is 11.5 Å². The zero-order chi connectivity index (χ0) is 13.2. The van der Waals surface area contributed by atoms with E-state index in [9.17, 15) is 4.79 Å². The van der Waals surface area contributed by atoms with E-state index in [1.54, 1.807) is 12.1 Å². The highest BCUT2D eigenvalue weighted by Crippen LogP contribution is 2.43. The predicted octanol–water partition coefficient (Wildman–Crippen LogP) is 3.20. The fraction of sp³-hybridized carbons (Fsp3) is 0.438. The maximum atomic E-state index is 10.8. The van der Waals surface area contributed by atoms with Crippen LogP contribution >= 0.6 is 0 Å². The van der Waals surface area contributed by atoms with Crippen LogP contribution in [0.25, 0.3) is 0 Å². The molecule has 0 saturated heterocycles. The summed E-state index contributed by atoms with van der Waals surface area (Å²) in [5.41, 5.74) is 0. The van der Waals surface area contributed by atoms with Crippen LogP contribution in [0.1, 0.15) is 19.8 Å². The molecule has 0 radical (unpaired) electrons. The van der Waals surface area contributed by atoms with E-state index in [0.717, 1.165) is 18.3 Å². The third kappa shape index (κ3) is 2.80. The van der Waals surface area contributed by atoms with Crippen molar-refractivity contribution in [1.29, 1.82) is 0 Å². The van der Waals surface area contributed by atoms with Crippen molar-refractivity contribution in [3.05, 3.63) is 36.4 Å². The van der Waals surface area contributed by atoms with Crippen molar-refractivity contribution in [1.82, 2.24) is 0 Å². The Balaban J connectivity index is 1.53. The molecule has 0 N–H and O–H groups in total. The van der Waals surface area contributed by atoms with Crippen molar-refractivity contribution < 1.29 is 14.3 Å². The van der Waals surface area contributed by atoms with Gasteiger partial charge in [0.15, 0.2) is 0 Å². The lowest BCUT2D eigenvalue weighted by molar-refractivity contribution is -0.131. The zero-order valence-electron chi connectivity index (χ0n) is 11.0. The third-order valence-electron chi connectivity index (χ3n) is 3.97. The summed E-state index contributed by atoms with van der Waals surface area (Å²) in [6.45, 7) is 2.17. The van der Waals surface area contributed by atoms with E-state index in [4.69, 9.17) is 9.47 Å². The van der Waals surface area contributed by atoms with Gasteiger partial charge in [-0.3, -0.25) is 4.79 Å².